The number of halogens is 1. The van der Waals surface area contributed by atoms with Crippen molar-refractivity contribution in [2.24, 2.45) is 0 Å². The van der Waals surface area contributed by atoms with Crippen LogP contribution in [0.15, 0.2) is 18.2 Å². The Labute approximate surface area is 110 Å². The summed E-state index contributed by atoms with van der Waals surface area (Å²) in [6, 6.07) is 5.40. The van der Waals surface area contributed by atoms with Crippen LogP contribution >= 0.6 is 0 Å². The average molecular weight is 252 g/mol. The fraction of sp³-hybridized carbons (Fsp3) is 0.600. The van der Waals surface area contributed by atoms with E-state index in [4.69, 9.17) is 0 Å². The van der Waals surface area contributed by atoms with Crippen LogP contribution in [0.3, 0.4) is 0 Å². The molecular weight excluding hydrogens is 227 g/mol. The Kier molecular flexibility index (Phi) is 6.13. The van der Waals surface area contributed by atoms with Crippen molar-refractivity contribution in [1.82, 2.24) is 5.32 Å². The van der Waals surface area contributed by atoms with Gasteiger partial charge in [0.1, 0.15) is 5.82 Å². The Hall–Kier alpha value is -1.09. The third-order valence-electron chi connectivity index (χ3n) is 3.19. The summed E-state index contributed by atoms with van der Waals surface area (Å²) < 4.78 is 14.1. The highest BCUT2D eigenvalue weighted by Gasteiger charge is 2.17. The highest BCUT2D eigenvalue weighted by molar-refractivity contribution is 5.55. The van der Waals surface area contributed by atoms with Gasteiger partial charge in [-0.3, -0.25) is 0 Å². The Morgan fingerprint density at radius 1 is 1.28 bits per heavy atom. The first-order valence-corrected chi connectivity index (χ1v) is 6.92. The zero-order chi connectivity index (χ0) is 13.5. The molecule has 2 nitrogen and oxygen atoms in total. The Morgan fingerprint density at radius 2 is 2.00 bits per heavy atom. The molecule has 3 heteroatoms. The van der Waals surface area contributed by atoms with Gasteiger partial charge in [0.2, 0.25) is 0 Å². The minimum atomic E-state index is -0.115. The quantitative estimate of drug-likeness (QED) is 0.795. The summed E-state index contributed by atoms with van der Waals surface area (Å²) in [5, 5.41) is 3.30. The first kappa shape index (κ1) is 15.0. The van der Waals surface area contributed by atoms with Gasteiger partial charge in [0.05, 0.1) is 0 Å². The largest absolute Gasteiger partial charge is 0.371 e. The summed E-state index contributed by atoms with van der Waals surface area (Å²) in [5.74, 6) is -0.115. The summed E-state index contributed by atoms with van der Waals surface area (Å²) >= 11 is 0. The number of nitrogens with one attached hydrogen (secondary N) is 1. The molecule has 1 aromatic carbocycles. The molecule has 102 valence electrons. The molecule has 1 aromatic rings. The third-order valence-corrected chi connectivity index (χ3v) is 3.19. The molecule has 18 heavy (non-hydrogen) atoms. The predicted octanol–water partition coefficient (Wildman–Crippen LogP) is 3.73. The molecule has 0 radical (unpaired) electrons. The highest BCUT2D eigenvalue weighted by atomic mass is 19.1. The maximum atomic E-state index is 14.1. The van der Waals surface area contributed by atoms with E-state index in [1.165, 1.54) is 0 Å². The third kappa shape index (κ3) is 3.45. The Bertz CT molecular complexity index is 366. The Balaban J connectivity index is 3.13. The molecule has 0 aliphatic carbocycles. The molecule has 1 atom stereocenters. The number of hydrogen-bond acceptors (Lipinski definition) is 2. The lowest BCUT2D eigenvalue weighted by Crippen LogP contribution is -2.28. The topological polar surface area (TPSA) is 15.3 Å². The summed E-state index contributed by atoms with van der Waals surface area (Å²) in [7, 11) is 0. The monoisotopic (exact) mass is 252 g/mol. The molecule has 0 aromatic heterocycles. The lowest BCUT2D eigenvalue weighted by Gasteiger charge is -2.28. The van der Waals surface area contributed by atoms with Gasteiger partial charge in [0.25, 0.3) is 0 Å². The second-order valence-electron chi connectivity index (χ2n) is 4.53. The molecule has 0 fully saturated rings. The van der Waals surface area contributed by atoms with Gasteiger partial charge in [-0.2, -0.15) is 0 Å². The highest BCUT2D eigenvalue weighted by Crippen LogP contribution is 2.29. The van der Waals surface area contributed by atoms with E-state index in [1.54, 1.807) is 12.1 Å². The van der Waals surface area contributed by atoms with Gasteiger partial charge in [-0.1, -0.05) is 19.9 Å². The van der Waals surface area contributed by atoms with Gasteiger partial charge >= 0.3 is 0 Å². The second-order valence-corrected chi connectivity index (χ2v) is 4.53. The lowest BCUT2D eigenvalue weighted by atomic mass is 10.0. The van der Waals surface area contributed by atoms with Gasteiger partial charge in [0.15, 0.2) is 0 Å². The maximum absolute atomic E-state index is 14.1. The fourth-order valence-electron chi connectivity index (χ4n) is 2.36. The first-order valence-electron chi connectivity index (χ1n) is 6.92. The molecule has 1 rings (SSSR count). The number of anilines is 1. The lowest BCUT2D eigenvalue weighted by molar-refractivity contribution is 0.539. The number of rotatable bonds is 7. The van der Waals surface area contributed by atoms with Crippen molar-refractivity contribution in [3.8, 4) is 0 Å². The van der Waals surface area contributed by atoms with Crippen LogP contribution in [0.25, 0.3) is 0 Å². The molecule has 0 bridgehead atoms. The smallest absolute Gasteiger partial charge is 0.130 e. The van der Waals surface area contributed by atoms with Crippen molar-refractivity contribution in [3.63, 3.8) is 0 Å². The van der Waals surface area contributed by atoms with Crippen LogP contribution in [0.4, 0.5) is 10.1 Å². The summed E-state index contributed by atoms with van der Waals surface area (Å²) in [6.45, 7) is 11.0. The second kappa shape index (κ2) is 7.37. The number of nitrogens with zero attached hydrogens (tertiary/aromatic N) is 1. The van der Waals surface area contributed by atoms with Gasteiger partial charge in [-0.15, -0.1) is 0 Å². The molecule has 1 unspecified atom stereocenters. The van der Waals surface area contributed by atoms with E-state index in [0.717, 1.165) is 37.3 Å². The summed E-state index contributed by atoms with van der Waals surface area (Å²) in [4.78, 5) is 2.24. The zero-order valence-corrected chi connectivity index (χ0v) is 12.0. The molecule has 0 saturated heterocycles. The van der Waals surface area contributed by atoms with Gasteiger partial charge in [-0.25, -0.2) is 4.39 Å². The minimum absolute atomic E-state index is 0.0390. The van der Waals surface area contributed by atoms with Crippen molar-refractivity contribution < 1.29 is 4.39 Å². The molecule has 0 saturated carbocycles. The first-order chi connectivity index (χ1) is 8.65. The van der Waals surface area contributed by atoms with Crippen molar-refractivity contribution in [3.05, 3.63) is 29.6 Å². The van der Waals surface area contributed by atoms with Crippen LogP contribution < -0.4 is 10.2 Å². The van der Waals surface area contributed by atoms with E-state index in [2.05, 4.69) is 24.1 Å². The Morgan fingerprint density at radius 3 is 2.56 bits per heavy atom. The van der Waals surface area contributed by atoms with Gasteiger partial charge in [0, 0.05) is 30.4 Å². The molecule has 0 spiro atoms. The van der Waals surface area contributed by atoms with Gasteiger partial charge in [-0.05, 0) is 38.9 Å². The van der Waals surface area contributed by atoms with E-state index in [9.17, 15) is 4.39 Å². The van der Waals surface area contributed by atoms with Crippen LogP contribution in [-0.2, 0) is 0 Å². The maximum Gasteiger partial charge on any atom is 0.130 e. The normalized spacial score (nSPS) is 12.5. The van der Waals surface area contributed by atoms with Crippen LogP contribution in [-0.4, -0.2) is 19.6 Å². The van der Waals surface area contributed by atoms with Crippen LogP contribution in [0.1, 0.15) is 45.7 Å². The van der Waals surface area contributed by atoms with Crippen LogP contribution in [0, 0.1) is 5.82 Å². The summed E-state index contributed by atoms with van der Waals surface area (Å²) in [6.07, 6.45) is 1.07. The summed E-state index contributed by atoms with van der Waals surface area (Å²) in [5.41, 5.74) is 1.81. The average Bonchev–Trinajstić information content (AvgIpc) is 2.35. The van der Waals surface area contributed by atoms with E-state index >= 15 is 0 Å². The molecule has 0 aliphatic heterocycles. The molecular formula is C15H25FN2. The SMILES string of the molecule is CCCN(CC)c1cccc(F)c1C(C)NCC. The molecule has 1 N–H and O–H groups in total. The van der Waals surface area contributed by atoms with Crippen molar-refractivity contribution in [1.29, 1.82) is 0 Å². The van der Waals surface area contributed by atoms with Crippen LogP contribution in [0.2, 0.25) is 0 Å². The van der Waals surface area contributed by atoms with E-state index < -0.39 is 0 Å². The van der Waals surface area contributed by atoms with Crippen molar-refractivity contribution >= 4 is 5.69 Å². The predicted molar refractivity (Wildman–Crippen MR) is 76.7 cm³/mol. The van der Waals surface area contributed by atoms with E-state index in [1.807, 2.05) is 19.9 Å². The number of benzene rings is 1. The molecule has 0 amide bonds. The van der Waals surface area contributed by atoms with E-state index in [0.29, 0.717) is 0 Å². The minimum Gasteiger partial charge on any atom is -0.371 e. The van der Waals surface area contributed by atoms with Crippen LogP contribution in [0.5, 0.6) is 0 Å². The van der Waals surface area contributed by atoms with Gasteiger partial charge < -0.3 is 10.2 Å². The van der Waals surface area contributed by atoms with Crippen molar-refractivity contribution in [2.75, 3.05) is 24.5 Å². The molecule has 0 aliphatic rings. The molecule has 0 heterocycles. The zero-order valence-electron chi connectivity index (χ0n) is 12.0. The standard InChI is InChI=1S/C15H25FN2/c1-5-11-18(7-3)14-10-8-9-13(16)15(14)12(4)17-6-2/h8-10,12,17H,5-7,11H2,1-4H3. The number of hydrogen-bond donors (Lipinski definition) is 1. The van der Waals surface area contributed by atoms with E-state index in [-0.39, 0.29) is 11.9 Å². The fourth-order valence-corrected chi connectivity index (χ4v) is 2.36. The van der Waals surface area contributed by atoms with Crippen molar-refractivity contribution in [2.45, 2.75) is 40.2 Å².